The molecule has 0 radical (unpaired) electrons. The fourth-order valence-electron chi connectivity index (χ4n) is 2.73. The molecule has 1 heterocycles. The van der Waals surface area contributed by atoms with Crippen LogP contribution in [0.25, 0.3) is 0 Å². The zero-order valence-corrected chi connectivity index (χ0v) is 17.3. The summed E-state index contributed by atoms with van der Waals surface area (Å²) in [6.45, 7) is 1.88. The SMILES string of the molecule is CC1(c2ccc(F)c(NS(=O)(=O)c3ccc(Cl)cc3Cl)c2)CCSC(N)=N1. The number of aliphatic imine (C=N–C) groups is 1. The fraction of sp³-hybridized carbons (Fsp3) is 0.235. The van der Waals surface area contributed by atoms with Gasteiger partial charge in [0.1, 0.15) is 10.7 Å². The number of amidine groups is 1. The zero-order chi connectivity index (χ0) is 19.8. The molecule has 144 valence electrons. The van der Waals surface area contributed by atoms with E-state index in [1.54, 1.807) is 6.07 Å². The normalized spacial score (nSPS) is 20.2. The topological polar surface area (TPSA) is 84.5 Å². The van der Waals surface area contributed by atoms with Gasteiger partial charge >= 0.3 is 0 Å². The summed E-state index contributed by atoms with van der Waals surface area (Å²) in [5, 5.41) is 0.689. The van der Waals surface area contributed by atoms with E-state index in [0.717, 1.165) is 5.75 Å². The number of hydrogen-bond donors (Lipinski definition) is 2. The number of nitrogens with zero attached hydrogens (tertiary/aromatic N) is 1. The summed E-state index contributed by atoms with van der Waals surface area (Å²) < 4.78 is 41.9. The Labute approximate surface area is 171 Å². The van der Waals surface area contributed by atoms with E-state index >= 15 is 0 Å². The maximum Gasteiger partial charge on any atom is 0.263 e. The van der Waals surface area contributed by atoms with Gasteiger partial charge in [-0.1, -0.05) is 41.0 Å². The van der Waals surface area contributed by atoms with Crippen LogP contribution in [0.3, 0.4) is 0 Å². The molecule has 0 aromatic heterocycles. The van der Waals surface area contributed by atoms with Crippen LogP contribution in [0.1, 0.15) is 18.9 Å². The molecule has 0 saturated carbocycles. The van der Waals surface area contributed by atoms with Crippen LogP contribution in [0, 0.1) is 5.82 Å². The van der Waals surface area contributed by atoms with E-state index in [1.165, 1.54) is 42.1 Å². The molecule has 27 heavy (non-hydrogen) atoms. The van der Waals surface area contributed by atoms with Gasteiger partial charge in [0.25, 0.3) is 10.0 Å². The van der Waals surface area contributed by atoms with Gasteiger partial charge in [-0.05, 0) is 49.2 Å². The molecule has 10 heteroatoms. The molecule has 3 N–H and O–H groups in total. The molecule has 3 rings (SSSR count). The summed E-state index contributed by atoms with van der Waals surface area (Å²) in [5.74, 6) is 0.0585. The highest BCUT2D eigenvalue weighted by Crippen LogP contribution is 2.37. The van der Waals surface area contributed by atoms with Gasteiger partial charge in [-0.2, -0.15) is 0 Å². The van der Waals surface area contributed by atoms with Gasteiger partial charge in [0.05, 0.1) is 16.2 Å². The van der Waals surface area contributed by atoms with E-state index < -0.39 is 21.4 Å². The second-order valence-electron chi connectivity index (χ2n) is 6.20. The molecule has 0 amide bonds. The molecule has 0 fully saturated rings. The lowest BCUT2D eigenvalue weighted by Crippen LogP contribution is -2.29. The maximum atomic E-state index is 14.3. The molecule has 1 aliphatic rings. The highest BCUT2D eigenvalue weighted by molar-refractivity contribution is 8.13. The summed E-state index contributed by atoms with van der Waals surface area (Å²) in [5.41, 5.74) is 5.64. The molecule has 1 aliphatic heterocycles. The number of rotatable bonds is 4. The van der Waals surface area contributed by atoms with E-state index in [-0.39, 0.29) is 15.6 Å². The maximum absolute atomic E-state index is 14.3. The summed E-state index contributed by atoms with van der Waals surface area (Å²) in [4.78, 5) is 4.26. The molecular formula is C17H16Cl2FN3O2S2. The van der Waals surface area contributed by atoms with Crippen molar-refractivity contribution in [3.8, 4) is 0 Å². The zero-order valence-electron chi connectivity index (χ0n) is 14.2. The van der Waals surface area contributed by atoms with E-state index in [9.17, 15) is 12.8 Å². The second-order valence-corrected chi connectivity index (χ2v) is 9.81. The molecule has 5 nitrogen and oxygen atoms in total. The number of benzene rings is 2. The Kier molecular flexibility index (Phi) is 5.63. The van der Waals surface area contributed by atoms with Gasteiger partial charge in [-0.15, -0.1) is 0 Å². The van der Waals surface area contributed by atoms with Gasteiger partial charge in [0.2, 0.25) is 0 Å². The quantitative estimate of drug-likeness (QED) is 0.716. The van der Waals surface area contributed by atoms with Crippen molar-refractivity contribution in [3.63, 3.8) is 0 Å². The van der Waals surface area contributed by atoms with Crippen molar-refractivity contribution in [2.45, 2.75) is 23.8 Å². The molecule has 1 atom stereocenters. The van der Waals surface area contributed by atoms with Crippen molar-refractivity contribution in [1.82, 2.24) is 0 Å². The Bertz CT molecular complexity index is 1030. The first-order chi connectivity index (χ1) is 12.6. The third-order valence-electron chi connectivity index (χ3n) is 4.21. The molecule has 0 saturated heterocycles. The largest absolute Gasteiger partial charge is 0.379 e. The van der Waals surface area contributed by atoms with Crippen LogP contribution < -0.4 is 10.5 Å². The molecular weight excluding hydrogens is 432 g/mol. The predicted octanol–water partition coefficient (Wildman–Crippen LogP) is 4.60. The van der Waals surface area contributed by atoms with Crippen molar-refractivity contribution in [3.05, 3.63) is 57.8 Å². The van der Waals surface area contributed by atoms with E-state index in [0.29, 0.717) is 22.2 Å². The van der Waals surface area contributed by atoms with Crippen molar-refractivity contribution < 1.29 is 12.8 Å². The first-order valence-electron chi connectivity index (χ1n) is 7.87. The van der Waals surface area contributed by atoms with Gasteiger partial charge < -0.3 is 5.73 Å². The Balaban J connectivity index is 1.99. The molecule has 1 unspecified atom stereocenters. The Hall–Kier alpha value is -1.48. The average Bonchev–Trinajstić information content (AvgIpc) is 2.56. The second kappa shape index (κ2) is 7.50. The smallest absolute Gasteiger partial charge is 0.263 e. The summed E-state index contributed by atoms with van der Waals surface area (Å²) in [6, 6.07) is 8.18. The van der Waals surface area contributed by atoms with Crippen molar-refractivity contribution in [2.24, 2.45) is 10.7 Å². The first kappa shape index (κ1) is 20.3. The number of thioether (sulfide) groups is 1. The lowest BCUT2D eigenvalue weighted by Gasteiger charge is -2.30. The van der Waals surface area contributed by atoms with Crippen LogP contribution in [0.4, 0.5) is 10.1 Å². The van der Waals surface area contributed by atoms with Crippen LogP contribution in [-0.2, 0) is 15.6 Å². The van der Waals surface area contributed by atoms with Gasteiger partial charge in [0, 0.05) is 10.8 Å². The first-order valence-corrected chi connectivity index (χ1v) is 11.1. The lowest BCUT2D eigenvalue weighted by molar-refractivity contribution is 0.481. The highest BCUT2D eigenvalue weighted by Gasteiger charge is 2.30. The van der Waals surface area contributed by atoms with E-state index in [1.807, 2.05) is 6.92 Å². The average molecular weight is 448 g/mol. The highest BCUT2D eigenvalue weighted by atomic mass is 35.5. The van der Waals surface area contributed by atoms with E-state index in [4.69, 9.17) is 28.9 Å². The lowest BCUT2D eigenvalue weighted by atomic mass is 9.89. The minimum absolute atomic E-state index is 0.0554. The van der Waals surface area contributed by atoms with Crippen molar-refractivity contribution in [2.75, 3.05) is 10.5 Å². The number of halogens is 3. The van der Waals surface area contributed by atoms with Gasteiger partial charge in [0.15, 0.2) is 5.17 Å². The number of nitrogens with two attached hydrogens (primary N) is 1. The monoisotopic (exact) mass is 447 g/mol. The summed E-state index contributed by atoms with van der Waals surface area (Å²) >= 11 is 13.2. The third kappa shape index (κ3) is 4.34. The standard InChI is InChI=1S/C17H16Cl2FN3O2S2/c1-17(6-7-26-16(21)22-17)10-2-4-13(20)14(8-10)23-27(24,25)15-5-3-11(18)9-12(15)19/h2-5,8-9,23H,6-7H2,1H3,(H2,21,22). The van der Waals surface area contributed by atoms with Crippen molar-refractivity contribution >= 4 is 55.8 Å². The van der Waals surface area contributed by atoms with Crippen LogP contribution in [0.5, 0.6) is 0 Å². The van der Waals surface area contributed by atoms with Crippen LogP contribution >= 0.6 is 35.0 Å². The molecule has 0 aliphatic carbocycles. The molecule has 2 aromatic rings. The number of hydrogen-bond acceptors (Lipinski definition) is 5. The van der Waals surface area contributed by atoms with Gasteiger partial charge in [-0.25, -0.2) is 12.8 Å². The number of sulfonamides is 1. The Morgan fingerprint density at radius 1 is 1.26 bits per heavy atom. The molecule has 0 spiro atoms. The van der Waals surface area contributed by atoms with E-state index in [2.05, 4.69) is 9.71 Å². The number of anilines is 1. The molecule has 0 bridgehead atoms. The minimum Gasteiger partial charge on any atom is -0.379 e. The summed E-state index contributed by atoms with van der Waals surface area (Å²) in [7, 11) is -4.11. The molecule has 2 aromatic carbocycles. The van der Waals surface area contributed by atoms with Crippen LogP contribution in [0.2, 0.25) is 10.0 Å². The van der Waals surface area contributed by atoms with Gasteiger partial charge in [-0.3, -0.25) is 9.71 Å². The van der Waals surface area contributed by atoms with Crippen molar-refractivity contribution in [1.29, 1.82) is 0 Å². The summed E-state index contributed by atoms with van der Waals surface area (Å²) in [6.07, 6.45) is 0.694. The Morgan fingerprint density at radius 3 is 2.67 bits per heavy atom. The minimum atomic E-state index is -4.11. The van der Waals surface area contributed by atoms with Crippen LogP contribution in [0.15, 0.2) is 46.3 Å². The fourth-order valence-corrected chi connectivity index (χ4v) is 5.53. The number of nitrogens with one attached hydrogen (secondary N) is 1. The Morgan fingerprint density at radius 2 is 2.00 bits per heavy atom. The predicted molar refractivity (Wildman–Crippen MR) is 110 cm³/mol. The third-order valence-corrected chi connectivity index (χ3v) is 7.09. The van der Waals surface area contributed by atoms with Crippen LogP contribution in [-0.4, -0.2) is 19.3 Å².